The molecule has 2 aromatic rings. The van der Waals surface area contributed by atoms with E-state index in [-0.39, 0.29) is 30.6 Å². The number of nitrogens with zero attached hydrogens (tertiary/aromatic N) is 2. The number of imide groups is 1. The van der Waals surface area contributed by atoms with Crippen LogP contribution in [0.5, 0.6) is 5.75 Å². The SMILES string of the molecule is CCC(C)(C)N(C(=O)Cc1ccccc1)C1CC(=O)N(c2ccc(OC)cc2)C1=O. The van der Waals surface area contributed by atoms with E-state index in [0.29, 0.717) is 17.9 Å². The van der Waals surface area contributed by atoms with Crippen molar-refractivity contribution in [3.05, 3.63) is 60.2 Å². The van der Waals surface area contributed by atoms with E-state index in [9.17, 15) is 14.4 Å². The molecule has 1 aliphatic heterocycles. The molecule has 0 N–H and O–H groups in total. The lowest BCUT2D eigenvalue weighted by Crippen LogP contribution is -2.56. The Labute approximate surface area is 177 Å². The van der Waals surface area contributed by atoms with E-state index in [4.69, 9.17) is 4.74 Å². The van der Waals surface area contributed by atoms with Crippen LogP contribution in [0, 0.1) is 0 Å². The third-order valence-electron chi connectivity index (χ3n) is 5.75. The Kier molecular flexibility index (Phi) is 6.25. The number of ether oxygens (including phenoxy) is 1. The van der Waals surface area contributed by atoms with Gasteiger partial charge in [-0.25, -0.2) is 4.90 Å². The fraction of sp³-hybridized carbons (Fsp3) is 0.375. The molecule has 1 unspecified atom stereocenters. The largest absolute Gasteiger partial charge is 0.497 e. The molecule has 0 radical (unpaired) electrons. The van der Waals surface area contributed by atoms with Gasteiger partial charge in [0.25, 0.3) is 5.91 Å². The van der Waals surface area contributed by atoms with E-state index in [1.54, 1.807) is 36.3 Å². The standard InChI is InChI=1S/C24H28N2O4/c1-5-24(2,3)26(22(28)15-17-9-7-6-8-10-17)20-16-21(27)25(23(20)29)18-11-13-19(30-4)14-12-18/h6-14,20H,5,15-16H2,1-4H3. The Morgan fingerprint density at radius 2 is 1.73 bits per heavy atom. The summed E-state index contributed by atoms with van der Waals surface area (Å²) in [6.07, 6.45) is 0.827. The zero-order valence-corrected chi connectivity index (χ0v) is 17.9. The number of rotatable bonds is 7. The van der Waals surface area contributed by atoms with Crippen LogP contribution in [0.2, 0.25) is 0 Å². The average Bonchev–Trinajstić information content (AvgIpc) is 3.02. The van der Waals surface area contributed by atoms with Gasteiger partial charge in [-0.2, -0.15) is 0 Å². The second-order valence-electron chi connectivity index (χ2n) is 8.08. The Morgan fingerprint density at radius 3 is 2.30 bits per heavy atom. The molecule has 3 amide bonds. The highest BCUT2D eigenvalue weighted by molar-refractivity contribution is 6.23. The predicted molar refractivity (Wildman–Crippen MR) is 115 cm³/mol. The minimum absolute atomic E-state index is 0.0190. The molecule has 1 fully saturated rings. The lowest BCUT2D eigenvalue weighted by Gasteiger charge is -2.41. The Bertz CT molecular complexity index is 922. The van der Waals surface area contributed by atoms with E-state index in [1.165, 1.54) is 4.90 Å². The molecule has 3 rings (SSSR count). The van der Waals surface area contributed by atoms with Gasteiger partial charge in [0.05, 0.1) is 25.6 Å². The van der Waals surface area contributed by atoms with Crippen LogP contribution >= 0.6 is 0 Å². The van der Waals surface area contributed by atoms with E-state index >= 15 is 0 Å². The minimum Gasteiger partial charge on any atom is -0.497 e. The van der Waals surface area contributed by atoms with Gasteiger partial charge in [0, 0.05) is 5.54 Å². The highest BCUT2D eigenvalue weighted by Crippen LogP contribution is 2.32. The smallest absolute Gasteiger partial charge is 0.257 e. The number of carbonyl (C=O) groups excluding carboxylic acids is 3. The normalized spacial score (nSPS) is 16.7. The summed E-state index contributed by atoms with van der Waals surface area (Å²) >= 11 is 0. The summed E-state index contributed by atoms with van der Waals surface area (Å²) in [6, 6.07) is 15.4. The van der Waals surface area contributed by atoms with Crippen LogP contribution < -0.4 is 9.64 Å². The molecule has 2 aromatic carbocycles. The zero-order chi connectivity index (χ0) is 21.9. The third-order valence-corrected chi connectivity index (χ3v) is 5.75. The summed E-state index contributed by atoms with van der Waals surface area (Å²) in [5, 5.41) is 0. The molecule has 1 saturated heterocycles. The fourth-order valence-electron chi connectivity index (χ4n) is 3.78. The van der Waals surface area contributed by atoms with Crippen molar-refractivity contribution in [3.8, 4) is 5.75 Å². The minimum atomic E-state index is -0.814. The van der Waals surface area contributed by atoms with Crippen molar-refractivity contribution in [1.29, 1.82) is 0 Å². The van der Waals surface area contributed by atoms with Crippen molar-refractivity contribution in [3.63, 3.8) is 0 Å². The molecule has 1 aliphatic rings. The summed E-state index contributed by atoms with van der Waals surface area (Å²) in [4.78, 5) is 42.2. The van der Waals surface area contributed by atoms with Crippen LogP contribution in [0.15, 0.2) is 54.6 Å². The van der Waals surface area contributed by atoms with Crippen LogP contribution in [0.1, 0.15) is 39.2 Å². The molecular formula is C24H28N2O4. The van der Waals surface area contributed by atoms with Crippen molar-refractivity contribution in [2.45, 2.75) is 51.6 Å². The molecule has 1 atom stereocenters. The molecule has 0 bridgehead atoms. The van der Waals surface area contributed by atoms with Gasteiger partial charge in [-0.15, -0.1) is 0 Å². The first-order valence-corrected chi connectivity index (χ1v) is 10.2. The average molecular weight is 408 g/mol. The van der Waals surface area contributed by atoms with Crippen molar-refractivity contribution >= 4 is 23.4 Å². The van der Waals surface area contributed by atoms with Crippen LogP contribution in [0.3, 0.4) is 0 Å². The number of anilines is 1. The lowest BCUT2D eigenvalue weighted by atomic mass is 9.94. The van der Waals surface area contributed by atoms with E-state index in [0.717, 1.165) is 5.56 Å². The third kappa shape index (κ3) is 4.22. The summed E-state index contributed by atoms with van der Waals surface area (Å²) in [5.41, 5.74) is 0.795. The highest BCUT2D eigenvalue weighted by atomic mass is 16.5. The molecule has 1 heterocycles. The topological polar surface area (TPSA) is 66.9 Å². The second kappa shape index (κ2) is 8.69. The molecule has 0 saturated carbocycles. The van der Waals surface area contributed by atoms with Gasteiger partial charge in [-0.1, -0.05) is 37.3 Å². The molecule has 30 heavy (non-hydrogen) atoms. The van der Waals surface area contributed by atoms with Crippen LogP contribution in [-0.4, -0.2) is 41.3 Å². The fourth-order valence-corrected chi connectivity index (χ4v) is 3.78. The number of benzene rings is 2. The van der Waals surface area contributed by atoms with Crippen LogP contribution in [0.25, 0.3) is 0 Å². The number of amides is 3. The maximum absolute atomic E-state index is 13.3. The monoisotopic (exact) mass is 408 g/mol. The van der Waals surface area contributed by atoms with E-state index < -0.39 is 11.6 Å². The van der Waals surface area contributed by atoms with Gasteiger partial charge >= 0.3 is 0 Å². The van der Waals surface area contributed by atoms with E-state index in [1.807, 2.05) is 51.1 Å². The molecule has 0 aromatic heterocycles. The van der Waals surface area contributed by atoms with Gasteiger partial charge in [0.15, 0.2) is 0 Å². The molecule has 6 nitrogen and oxygen atoms in total. The number of methoxy groups -OCH3 is 1. The maximum atomic E-state index is 13.3. The first-order chi connectivity index (χ1) is 14.3. The van der Waals surface area contributed by atoms with Crippen LogP contribution in [-0.2, 0) is 20.8 Å². The predicted octanol–water partition coefficient (Wildman–Crippen LogP) is 3.59. The maximum Gasteiger partial charge on any atom is 0.257 e. The van der Waals surface area contributed by atoms with E-state index in [2.05, 4.69) is 0 Å². The Hall–Kier alpha value is -3.15. The summed E-state index contributed by atoms with van der Waals surface area (Å²) in [5.74, 6) is -0.190. The Balaban J connectivity index is 1.90. The highest BCUT2D eigenvalue weighted by Gasteiger charge is 2.48. The molecular weight excluding hydrogens is 380 g/mol. The van der Waals surface area contributed by atoms with Gasteiger partial charge in [-0.3, -0.25) is 14.4 Å². The number of hydrogen-bond acceptors (Lipinski definition) is 4. The van der Waals surface area contributed by atoms with Crippen molar-refractivity contribution in [2.24, 2.45) is 0 Å². The molecule has 0 spiro atoms. The Morgan fingerprint density at radius 1 is 1.10 bits per heavy atom. The molecule has 0 aliphatic carbocycles. The summed E-state index contributed by atoms with van der Waals surface area (Å²) < 4.78 is 5.15. The van der Waals surface area contributed by atoms with Gasteiger partial charge in [0.2, 0.25) is 11.8 Å². The van der Waals surface area contributed by atoms with Crippen molar-refractivity contribution in [1.82, 2.24) is 4.90 Å². The van der Waals surface area contributed by atoms with Crippen LogP contribution in [0.4, 0.5) is 5.69 Å². The number of hydrogen-bond donors (Lipinski definition) is 0. The first kappa shape index (κ1) is 21.6. The summed E-state index contributed by atoms with van der Waals surface area (Å²) in [6.45, 7) is 5.85. The van der Waals surface area contributed by atoms with Gasteiger partial charge in [0.1, 0.15) is 11.8 Å². The second-order valence-corrected chi connectivity index (χ2v) is 8.08. The van der Waals surface area contributed by atoms with Gasteiger partial charge < -0.3 is 9.64 Å². The van der Waals surface area contributed by atoms with Gasteiger partial charge in [-0.05, 0) is 50.1 Å². The molecule has 6 heteroatoms. The zero-order valence-electron chi connectivity index (χ0n) is 17.9. The van der Waals surface area contributed by atoms with Crippen molar-refractivity contribution < 1.29 is 19.1 Å². The molecule has 158 valence electrons. The lowest BCUT2D eigenvalue weighted by molar-refractivity contribution is -0.144. The summed E-state index contributed by atoms with van der Waals surface area (Å²) in [7, 11) is 1.56. The van der Waals surface area contributed by atoms with Crippen molar-refractivity contribution in [2.75, 3.05) is 12.0 Å². The number of carbonyl (C=O) groups is 3. The first-order valence-electron chi connectivity index (χ1n) is 10.2. The quantitative estimate of drug-likeness (QED) is 0.657.